The van der Waals surface area contributed by atoms with Gasteiger partial charge >= 0.3 is 5.97 Å². The lowest BCUT2D eigenvalue weighted by Crippen LogP contribution is -2.55. The molecule has 34 heavy (non-hydrogen) atoms. The van der Waals surface area contributed by atoms with Gasteiger partial charge in [-0.2, -0.15) is 0 Å². The summed E-state index contributed by atoms with van der Waals surface area (Å²) >= 11 is 0. The molecular weight excluding hydrogens is 440 g/mol. The van der Waals surface area contributed by atoms with Crippen LogP contribution in [0.1, 0.15) is 50.9 Å². The quantitative estimate of drug-likeness (QED) is 0.233. The van der Waals surface area contributed by atoms with Gasteiger partial charge in [0.15, 0.2) is 0 Å². The van der Waals surface area contributed by atoms with Crippen molar-refractivity contribution in [1.82, 2.24) is 20.9 Å². The Kier molecular flexibility index (Phi) is 9.35. The minimum absolute atomic E-state index is 0.00336. The highest BCUT2D eigenvalue weighted by Gasteiger charge is 2.30. The summed E-state index contributed by atoms with van der Waals surface area (Å²) in [5, 5.41) is 16.8. The van der Waals surface area contributed by atoms with Crippen LogP contribution in [0.3, 0.4) is 0 Å². The fraction of sp³-hybridized carbons (Fsp3) is 0.458. The van der Waals surface area contributed by atoms with Gasteiger partial charge in [0.25, 0.3) is 11.7 Å². The number of carboxylic acids is 1. The molecule has 0 radical (unpaired) electrons. The number of Topliss-reactive ketones (excluding diaryl/α,β-unsaturated/α-hetero) is 1. The SMILES string of the molecule is CC(C)C[C@H](NC(=O)[C@@H](CC(C)C)NC(=O)C(=O)c1c[nH]c2ccccc12)C(=O)NCC(=O)O. The number of fused-ring (bicyclic) bond motifs is 1. The van der Waals surface area contributed by atoms with Crippen molar-refractivity contribution in [1.29, 1.82) is 0 Å². The number of H-pyrrole nitrogens is 1. The minimum atomic E-state index is -1.20. The number of rotatable bonds is 12. The van der Waals surface area contributed by atoms with Crippen molar-refractivity contribution in [3.63, 3.8) is 0 Å². The minimum Gasteiger partial charge on any atom is -0.480 e. The van der Waals surface area contributed by atoms with Crippen LogP contribution in [0.15, 0.2) is 30.5 Å². The van der Waals surface area contributed by atoms with Gasteiger partial charge in [-0.25, -0.2) is 0 Å². The lowest BCUT2D eigenvalue weighted by molar-refractivity contribution is -0.138. The Morgan fingerprint density at radius 3 is 2.06 bits per heavy atom. The second-order valence-electron chi connectivity index (χ2n) is 9.03. The van der Waals surface area contributed by atoms with Crippen LogP contribution in [-0.4, -0.2) is 58.2 Å². The first-order valence-electron chi connectivity index (χ1n) is 11.2. The number of hydrogen-bond donors (Lipinski definition) is 5. The number of hydrogen-bond acceptors (Lipinski definition) is 5. The number of para-hydroxylation sites is 1. The molecule has 2 rings (SSSR count). The van der Waals surface area contributed by atoms with E-state index in [1.165, 1.54) is 6.20 Å². The Bertz CT molecular complexity index is 1060. The predicted octanol–water partition coefficient (Wildman–Crippen LogP) is 1.61. The molecule has 0 aliphatic heterocycles. The number of nitrogens with one attached hydrogen (secondary N) is 4. The second-order valence-corrected chi connectivity index (χ2v) is 9.03. The number of amides is 3. The first-order valence-corrected chi connectivity index (χ1v) is 11.2. The molecule has 10 nitrogen and oxygen atoms in total. The van der Waals surface area contributed by atoms with Crippen LogP contribution in [0, 0.1) is 11.8 Å². The van der Waals surface area contributed by atoms with Gasteiger partial charge in [-0.15, -0.1) is 0 Å². The molecule has 0 saturated heterocycles. The molecule has 0 aliphatic carbocycles. The first-order chi connectivity index (χ1) is 16.0. The van der Waals surface area contributed by atoms with Crippen LogP contribution in [0.2, 0.25) is 0 Å². The van der Waals surface area contributed by atoms with Crippen molar-refractivity contribution in [2.45, 2.75) is 52.6 Å². The Balaban J connectivity index is 2.16. The molecule has 3 amide bonds. The van der Waals surface area contributed by atoms with Crippen molar-refractivity contribution in [3.8, 4) is 0 Å². The summed E-state index contributed by atoms with van der Waals surface area (Å²) < 4.78 is 0. The van der Waals surface area contributed by atoms with E-state index in [1.807, 2.05) is 27.7 Å². The highest BCUT2D eigenvalue weighted by Crippen LogP contribution is 2.18. The highest BCUT2D eigenvalue weighted by molar-refractivity contribution is 6.45. The number of carbonyl (C=O) groups excluding carboxylic acids is 4. The van der Waals surface area contributed by atoms with E-state index in [0.29, 0.717) is 10.9 Å². The molecule has 0 aliphatic rings. The summed E-state index contributed by atoms with van der Waals surface area (Å²) in [4.78, 5) is 64.8. The van der Waals surface area contributed by atoms with E-state index >= 15 is 0 Å². The number of aliphatic carboxylic acids is 1. The van der Waals surface area contributed by atoms with E-state index in [-0.39, 0.29) is 30.2 Å². The maximum atomic E-state index is 13.0. The zero-order chi connectivity index (χ0) is 25.4. The summed E-state index contributed by atoms with van der Waals surface area (Å²) in [6, 6.07) is 5.02. The topological polar surface area (TPSA) is 157 Å². The summed E-state index contributed by atoms with van der Waals surface area (Å²) in [5.74, 6) is -4.13. The maximum Gasteiger partial charge on any atom is 0.322 e. The van der Waals surface area contributed by atoms with Crippen LogP contribution >= 0.6 is 0 Å². The van der Waals surface area contributed by atoms with Crippen molar-refractivity contribution >= 4 is 40.4 Å². The van der Waals surface area contributed by atoms with Crippen LogP contribution < -0.4 is 16.0 Å². The number of ketones is 1. The monoisotopic (exact) mass is 472 g/mol. The zero-order valence-corrected chi connectivity index (χ0v) is 19.8. The van der Waals surface area contributed by atoms with Crippen LogP contribution in [0.25, 0.3) is 10.9 Å². The summed E-state index contributed by atoms with van der Waals surface area (Å²) in [7, 11) is 0. The number of aromatic amines is 1. The molecule has 0 spiro atoms. The molecule has 0 bridgehead atoms. The third-order valence-electron chi connectivity index (χ3n) is 5.12. The smallest absolute Gasteiger partial charge is 0.322 e. The lowest BCUT2D eigenvalue weighted by Gasteiger charge is -2.24. The van der Waals surface area contributed by atoms with Crippen LogP contribution in [0.4, 0.5) is 0 Å². The molecule has 5 N–H and O–H groups in total. The standard InChI is InChI=1S/C24H32N4O6/c1-13(2)9-18(22(32)26-12-20(29)30)27-23(33)19(10-14(3)4)28-24(34)21(31)16-11-25-17-8-6-5-7-15(16)17/h5-8,11,13-14,18-19,25H,9-10,12H2,1-4H3,(H,26,32)(H,27,33)(H,28,34)(H,29,30)/t18-,19+/m0/s1. The first kappa shape index (κ1) is 26.6. The molecule has 0 saturated carbocycles. The predicted molar refractivity (Wildman–Crippen MR) is 126 cm³/mol. The summed E-state index contributed by atoms with van der Waals surface area (Å²) in [6.07, 6.45) is 1.97. The fourth-order valence-corrected chi connectivity index (χ4v) is 3.57. The molecule has 0 unspecified atom stereocenters. The normalized spacial score (nSPS) is 12.9. The number of carbonyl (C=O) groups is 5. The number of benzene rings is 1. The molecule has 184 valence electrons. The second kappa shape index (κ2) is 12.0. The van der Waals surface area contributed by atoms with Crippen molar-refractivity contribution < 1.29 is 29.1 Å². The zero-order valence-electron chi connectivity index (χ0n) is 19.8. The van der Waals surface area contributed by atoms with E-state index in [9.17, 15) is 24.0 Å². The van der Waals surface area contributed by atoms with Crippen molar-refractivity contribution in [2.75, 3.05) is 6.54 Å². The van der Waals surface area contributed by atoms with E-state index in [0.717, 1.165) is 0 Å². The Morgan fingerprint density at radius 1 is 0.882 bits per heavy atom. The van der Waals surface area contributed by atoms with Crippen LogP contribution in [0.5, 0.6) is 0 Å². The van der Waals surface area contributed by atoms with E-state index < -0.39 is 48.1 Å². The highest BCUT2D eigenvalue weighted by atomic mass is 16.4. The number of aromatic nitrogens is 1. The molecular formula is C24H32N4O6. The van der Waals surface area contributed by atoms with Gasteiger partial charge in [0, 0.05) is 17.1 Å². The Morgan fingerprint density at radius 2 is 1.47 bits per heavy atom. The Hall–Kier alpha value is -3.69. The average Bonchev–Trinajstić information content (AvgIpc) is 3.19. The molecule has 0 fully saturated rings. The molecule has 1 aromatic heterocycles. The van der Waals surface area contributed by atoms with Gasteiger partial charge in [-0.3, -0.25) is 24.0 Å². The largest absolute Gasteiger partial charge is 0.480 e. The summed E-state index contributed by atoms with van der Waals surface area (Å²) in [6.45, 7) is 6.86. The number of carboxylic acid groups (broad SMARTS) is 1. The van der Waals surface area contributed by atoms with E-state index in [2.05, 4.69) is 20.9 Å². The third kappa shape index (κ3) is 7.43. The molecule has 10 heteroatoms. The summed E-state index contributed by atoms with van der Waals surface area (Å²) in [5.41, 5.74) is 0.904. The molecule has 2 aromatic rings. The van der Waals surface area contributed by atoms with Gasteiger partial charge in [-0.1, -0.05) is 45.9 Å². The maximum absolute atomic E-state index is 13.0. The molecule has 2 atom stereocenters. The van der Waals surface area contributed by atoms with Gasteiger partial charge < -0.3 is 26.0 Å². The average molecular weight is 473 g/mol. The van der Waals surface area contributed by atoms with E-state index in [1.54, 1.807) is 24.3 Å². The molecule has 1 heterocycles. The molecule has 1 aromatic carbocycles. The van der Waals surface area contributed by atoms with Crippen LogP contribution in [-0.2, 0) is 19.2 Å². The van der Waals surface area contributed by atoms with Crippen molar-refractivity contribution in [3.05, 3.63) is 36.0 Å². The third-order valence-corrected chi connectivity index (χ3v) is 5.12. The van der Waals surface area contributed by atoms with Gasteiger partial charge in [-0.05, 0) is 30.7 Å². The lowest BCUT2D eigenvalue weighted by atomic mass is 9.99. The van der Waals surface area contributed by atoms with Gasteiger partial charge in [0.2, 0.25) is 11.8 Å². The van der Waals surface area contributed by atoms with Gasteiger partial charge in [0.1, 0.15) is 18.6 Å². The van der Waals surface area contributed by atoms with Gasteiger partial charge in [0.05, 0.1) is 5.56 Å². The van der Waals surface area contributed by atoms with E-state index in [4.69, 9.17) is 5.11 Å². The Labute approximate surface area is 197 Å². The van der Waals surface area contributed by atoms with Crippen molar-refractivity contribution in [2.24, 2.45) is 11.8 Å². The fourth-order valence-electron chi connectivity index (χ4n) is 3.57.